The van der Waals surface area contributed by atoms with Crippen molar-refractivity contribution >= 4 is 22.2 Å². The minimum absolute atomic E-state index is 0.123. The molecule has 1 aromatic heterocycles. The molecule has 2 fully saturated rings. The summed E-state index contributed by atoms with van der Waals surface area (Å²) in [6, 6.07) is 3.64. The Labute approximate surface area is 142 Å². The average Bonchev–Trinajstić information content (AvgIpc) is 3.24. The fraction of sp³-hybridized carbons (Fsp3) is 0.562. The van der Waals surface area contributed by atoms with Crippen LogP contribution in [0.1, 0.15) is 24.4 Å². The van der Waals surface area contributed by atoms with E-state index in [1.54, 1.807) is 21.3 Å². The van der Waals surface area contributed by atoms with E-state index in [1.807, 2.05) is 13.0 Å². The zero-order chi connectivity index (χ0) is 17.2. The zero-order valence-corrected chi connectivity index (χ0v) is 14.7. The smallest absolute Gasteiger partial charge is 0.282 e. The molecule has 1 amide bonds. The molecule has 2 aliphatic heterocycles. The molecular formula is C16H23N3O4S. The minimum atomic E-state index is -3.37. The fourth-order valence-corrected chi connectivity index (χ4v) is 4.69. The van der Waals surface area contributed by atoms with Gasteiger partial charge in [-0.05, 0) is 38.0 Å². The lowest BCUT2D eigenvalue weighted by atomic mass is 10.3. The summed E-state index contributed by atoms with van der Waals surface area (Å²) in [5, 5.41) is 0. The van der Waals surface area contributed by atoms with Gasteiger partial charge in [0.1, 0.15) is 11.5 Å². The first kappa shape index (κ1) is 17.2. The van der Waals surface area contributed by atoms with Gasteiger partial charge >= 0.3 is 0 Å². The van der Waals surface area contributed by atoms with Gasteiger partial charge < -0.3 is 9.32 Å². The topological polar surface area (TPSA) is 74.1 Å². The maximum atomic E-state index is 12.5. The molecule has 0 atom stereocenters. The molecular weight excluding hydrogens is 330 g/mol. The van der Waals surface area contributed by atoms with Gasteiger partial charge in [0.15, 0.2) is 0 Å². The standard InChI is InChI=1S/C16H23N3O4S/c1-14-4-5-15(23-14)6-7-16(20)17-10-12-19(13-11-17)24(21,22)18-8-2-3-9-18/h4-7H,2-3,8-13H2,1H3. The minimum Gasteiger partial charge on any atom is -0.462 e. The van der Waals surface area contributed by atoms with Gasteiger partial charge in [-0.15, -0.1) is 0 Å². The van der Waals surface area contributed by atoms with Crippen molar-refractivity contribution in [3.05, 3.63) is 29.7 Å². The van der Waals surface area contributed by atoms with E-state index in [0.29, 0.717) is 45.0 Å². The Kier molecular flexibility index (Phi) is 5.07. The van der Waals surface area contributed by atoms with Gasteiger partial charge in [-0.1, -0.05) is 0 Å². The number of hydrogen-bond acceptors (Lipinski definition) is 4. The Morgan fingerprint density at radius 3 is 2.25 bits per heavy atom. The van der Waals surface area contributed by atoms with Gasteiger partial charge in [-0.3, -0.25) is 4.79 Å². The van der Waals surface area contributed by atoms with E-state index in [-0.39, 0.29) is 5.91 Å². The Bertz CT molecular complexity index is 711. The first-order valence-corrected chi connectivity index (χ1v) is 9.65. The Morgan fingerprint density at radius 2 is 1.67 bits per heavy atom. The van der Waals surface area contributed by atoms with Gasteiger partial charge in [0.2, 0.25) is 5.91 Å². The van der Waals surface area contributed by atoms with Crippen LogP contribution in [0.4, 0.5) is 0 Å². The van der Waals surface area contributed by atoms with Gasteiger partial charge in [-0.2, -0.15) is 17.0 Å². The monoisotopic (exact) mass is 353 g/mol. The van der Waals surface area contributed by atoms with E-state index >= 15 is 0 Å². The van der Waals surface area contributed by atoms with Gasteiger partial charge in [0.05, 0.1) is 0 Å². The van der Waals surface area contributed by atoms with Gasteiger partial charge in [-0.25, -0.2) is 0 Å². The number of nitrogens with zero attached hydrogens (tertiary/aromatic N) is 3. The number of carbonyl (C=O) groups is 1. The highest BCUT2D eigenvalue weighted by Gasteiger charge is 2.34. The Balaban J connectivity index is 1.54. The molecule has 2 aliphatic rings. The fourth-order valence-electron chi connectivity index (χ4n) is 3.02. The van der Waals surface area contributed by atoms with E-state index < -0.39 is 10.2 Å². The summed E-state index contributed by atoms with van der Waals surface area (Å²) < 4.78 is 33.4. The number of rotatable bonds is 4. The van der Waals surface area contributed by atoms with Crippen molar-refractivity contribution in [2.24, 2.45) is 0 Å². The normalized spacial score (nSPS) is 21.0. The van der Waals surface area contributed by atoms with E-state index in [2.05, 4.69) is 0 Å². The summed E-state index contributed by atoms with van der Waals surface area (Å²) in [6.45, 7) is 4.57. The predicted molar refractivity (Wildman–Crippen MR) is 90.4 cm³/mol. The lowest BCUT2D eigenvalue weighted by Gasteiger charge is -2.35. The molecule has 7 nitrogen and oxygen atoms in total. The Morgan fingerprint density at radius 1 is 1.04 bits per heavy atom. The Hall–Kier alpha value is -1.64. The quantitative estimate of drug-likeness (QED) is 0.760. The SMILES string of the molecule is Cc1ccc(C=CC(=O)N2CCN(S(=O)(=O)N3CCCC3)CC2)o1. The number of amides is 1. The average molecular weight is 353 g/mol. The molecule has 1 aromatic rings. The third kappa shape index (κ3) is 3.71. The second-order valence-corrected chi connectivity index (χ2v) is 8.05. The molecule has 0 saturated carbocycles. The van der Waals surface area contributed by atoms with Crippen molar-refractivity contribution in [2.45, 2.75) is 19.8 Å². The molecule has 0 aromatic carbocycles. The number of hydrogen-bond donors (Lipinski definition) is 0. The lowest BCUT2D eigenvalue weighted by molar-refractivity contribution is -0.127. The van der Waals surface area contributed by atoms with Crippen LogP contribution < -0.4 is 0 Å². The largest absolute Gasteiger partial charge is 0.462 e. The number of piperazine rings is 1. The summed E-state index contributed by atoms with van der Waals surface area (Å²) in [7, 11) is -3.37. The van der Waals surface area contributed by atoms with E-state index in [4.69, 9.17) is 4.42 Å². The second kappa shape index (κ2) is 7.08. The summed E-state index contributed by atoms with van der Waals surface area (Å²) in [4.78, 5) is 13.9. The number of carbonyl (C=O) groups excluding carboxylic acids is 1. The van der Waals surface area contributed by atoms with Crippen molar-refractivity contribution in [3.8, 4) is 0 Å². The maximum absolute atomic E-state index is 12.5. The van der Waals surface area contributed by atoms with Crippen LogP contribution in [-0.2, 0) is 15.0 Å². The van der Waals surface area contributed by atoms with Crippen LogP contribution in [0.3, 0.4) is 0 Å². The maximum Gasteiger partial charge on any atom is 0.282 e. The molecule has 0 bridgehead atoms. The summed E-state index contributed by atoms with van der Waals surface area (Å²) >= 11 is 0. The first-order valence-electron chi connectivity index (χ1n) is 8.25. The van der Waals surface area contributed by atoms with Crippen molar-refractivity contribution in [3.63, 3.8) is 0 Å². The molecule has 0 N–H and O–H groups in total. The van der Waals surface area contributed by atoms with Crippen molar-refractivity contribution < 1.29 is 17.6 Å². The zero-order valence-electron chi connectivity index (χ0n) is 13.8. The van der Waals surface area contributed by atoms with Crippen molar-refractivity contribution in [2.75, 3.05) is 39.3 Å². The number of furan rings is 1. The highest BCUT2D eigenvalue weighted by Crippen LogP contribution is 2.18. The first-order chi connectivity index (χ1) is 11.5. The summed E-state index contributed by atoms with van der Waals surface area (Å²) in [6.07, 6.45) is 4.97. The van der Waals surface area contributed by atoms with Gasteiger partial charge in [0.25, 0.3) is 10.2 Å². The van der Waals surface area contributed by atoms with Crippen LogP contribution >= 0.6 is 0 Å². The molecule has 132 valence electrons. The van der Waals surface area contributed by atoms with Crippen LogP contribution in [0.15, 0.2) is 22.6 Å². The highest BCUT2D eigenvalue weighted by molar-refractivity contribution is 7.86. The third-order valence-corrected chi connectivity index (χ3v) is 6.45. The molecule has 2 saturated heterocycles. The molecule has 3 heterocycles. The van der Waals surface area contributed by atoms with Crippen molar-refractivity contribution in [1.29, 1.82) is 0 Å². The van der Waals surface area contributed by atoms with Crippen LogP contribution in [0.2, 0.25) is 0 Å². The lowest BCUT2D eigenvalue weighted by Crippen LogP contribution is -2.53. The highest BCUT2D eigenvalue weighted by atomic mass is 32.2. The van der Waals surface area contributed by atoms with E-state index in [9.17, 15) is 13.2 Å². The number of aryl methyl sites for hydroxylation is 1. The molecule has 8 heteroatoms. The van der Waals surface area contributed by atoms with Crippen LogP contribution in [0.5, 0.6) is 0 Å². The summed E-state index contributed by atoms with van der Waals surface area (Å²) in [5.41, 5.74) is 0. The van der Waals surface area contributed by atoms with Crippen molar-refractivity contribution in [1.82, 2.24) is 13.5 Å². The summed E-state index contributed by atoms with van der Waals surface area (Å²) in [5.74, 6) is 1.31. The molecule has 3 rings (SSSR count). The van der Waals surface area contributed by atoms with Crippen LogP contribution in [0.25, 0.3) is 6.08 Å². The van der Waals surface area contributed by atoms with E-state index in [0.717, 1.165) is 18.6 Å². The molecule has 0 spiro atoms. The molecule has 0 unspecified atom stereocenters. The van der Waals surface area contributed by atoms with Crippen LogP contribution in [-0.4, -0.2) is 67.1 Å². The second-order valence-electron chi connectivity index (χ2n) is 6.12. The third-order valence-electron chi connectivity index (χ3n) is 4.42. The van der Waals surface area contributed by atoms with Gasteiger partial charge in [0, 0.05) is 45.3 Å². The molecule has 0 radical (unpaired) electrons. The predicted octanol–water partition coefficient (Wildman–Crippen LogP) is 1.09. The van der Waals surface area contributed by atoms with Crippen LogP contribution in [0, 0.1) is 6.92 Å². The van der Waals surface area contributed by atoms with E-state index in [1.165, 1.54) is 10.4 Å². The molecule has 0 aliphatic carbocycles. The molecule has 24 heavy (non-hydrogen) atoms.